The van der Waals surface area contributed by atoms with Crippen LogP contribution in [0.15, 0.2) is 36.7 Å². The first kappa shape index (κ1) is 14.1. The molecule has 1 aliphatic rings. The van der Waals surface area contributed by atoms with Gasteiger partial charge in [0.25, 0.3) is 0 Å². The minimum atomic E-state index is -0.164. The molecule has 3 heterocycles. The van der Waals surface area contributed by atoms with E-state index in [0.717, 1.165) is 37.0 Å². The molecule has 0 unspecified atom stereocenters. The van der Waals surface area contributed by atoms with Crippen LogP contribution < -0.4 is 5.32 Å². The van der Waals surface area contributed by atoms with Gasteiger partial charge >= 0.3 is 0 Å². The molecular weight excluding hydrogens is 292 g/mol. The van der Waals surface area contributed by atoms with Crippen molar-refractivity contribution in [2.24, 2.45) is 0 Å². The van der Waals surface area contributed by atoms with Crippen LogP contribution in [0.5, 0.6) is 0 Å². The molecule has 7 heteroatoms. The second-order valence-electron chi connectivity index (χ2n) is 5.87. The maximum absolute atomic E-state index is 9.59. The van der Waals surface area contributed by atoms with Crippen molar-refractivity contribution in [3.05, 3.63) is 36.7 Å². The summed E-state index contributed by atoms with van der Waals surface area (Å²) >= 11 is 0. The van der Waals surface area contributed by atoms with Crippen LogP contribution in [0.1, 0.15) is 25.7 Å². The lowest BCUT2D eigenvalue weighted by Gasteiger charge is -2.26. The third-order valence-corrected chi connectivity index (χ3v) is 4.23. The molecule has 1 saturated carbocycles. The monoisotopic (exact) mass is 310 g/mol. The van der Waals surface area contributed by atoms with Crippen LogP contribution in [0, 0.1) is 0 Å². The summed E-state index contributed by atoms with van der Waals surface area (Å²) in [6, 6.07) is 7.92. The van der Waals surface area contributed by atoms with Crippen LogP contribution in [0.4, 0.5) is 5.95 Å². The number of aliphatic hydroxyl groups excluding tert-OH is 1. The Bertz CT molecular complexity index is 809. The highest BCUT2D eigenvalue weighted by atomic mass is 16.3. The van der Waals surface area contributed by atoms with E-state index >= 15 is 0 Å². The highest BCUT2D eigenvalue weighted by Gasteiger charge is 2.20. The lowest BCUT2D eigenvalue weighted by Crippen LogP contribution is -2.28. The average Bonchev–Trinajstić information content (AvgIpc) is 3.01. The van der Waals surface area contributed by atoms with E-state index in [0.29, 0.717) is 17.8 Å². The molecule has 0 aromatic carbocycles. The number of pyridine rings is 1. The Balaban J connectivity index is 1.59. The summed E-state index contributed by atoms with van der Waals surface area (Å²) in [5.74, 6) is 1.29. The van der Waals surface area contributed by atoms with Gasteiger partial charge in [-0.3, -0.25) is 4.40 Å². The van der Waals surface area contributed by atoms with Crippen LogP contribution in [-0.4, -0.2) is 41.8 Å². The Hall–Kier alpha value is -2.54. The Kier molecular flexibility index (Phi) is 3.63. The highest BCUT2D eigenvalue weighted by Crippen LogP contribution is 2.22. The predicted octanol–water partition coefficient (Wildman–Crippen LogP) is 1.90. The highest BCUT2D eigenvalue weighted by molar-refractivity contribution is 5.56. The van der Waals surface area contributed by atoms with Crippen LogP contribution in [0.2, 0.25) is 0 Å². The van der Waals surface area contributed by atoms with E-state index in [1.807, 2.05) is 34.9 Å². The van der Waals surface area contributed by atoms with Gasteiger partial charge in [0.1, 0.15) is 5.69 Å². The second-order valence-corrected chi connectivity index (χ2v) is 5.87. The SMILES string of the molecule is O[C@H]1CC[C@H](Nc2nccc(-c3nnc4ccccn34)n2)CC1. The van der Waals surface area contributed by atoms with E-state index in [2.05, 4.69) is 25.5 Å². The Labute approximate surface area is 133 Å². The topological polar surface area (TPSA) is 88.2 Å². The van der Waals surface area contributed by atoms with E-state index in [1.165, 1.54) is 0 Å². The summed E-state index contributed by atoms with van der Waals surface area (Å²) in [7, 11) is 0. The van der Waals surface area contributed by atoms with Gasteiger partial charge in [-0.1, -0.05) is 6.07 Å². The third-order valence-electron chi connectivity index (χ3n) is 4.23. The summed E-state index contributed by atoms with van der Waals surface area (Å²) in [6.07, 6.45) is 7.00. The number of nitrogens with zero attached hydrogens (tertiary/aromatic N) is 5. The summed E-state index contributed by atoms with van der Waals surface area (Å²) in [5.41, 5.74) is 1.52. The van der Waals surface area contributed by atoms with Crippen LogP contribution in [0.3, 0.4) is 0 Å². The second kappa shape index (κ2) is 5.92. The molecule has 4 rings (SSSR count). The van der Waals surface area contributed by atoms with Crippen molar-refractivity contribution in [1.82, 2.24) is 24.6 Å². The van der Waals surface area contributed by atoms with Gasteiger partial charge < -0.3 is 10.4 Å². The first-order chi connectivity index (χ1) is 11.3. The zero-order chi connectivity index (χ0) is 15.6. The number of aliphatic hydroxyl groups is 1. The fourth-order valence-electron chi connectivity index (χ4n) is 2.97. The number of nitrogens with one attached hydrogen (secondary N) is 1. The van der Waals surface area contributed by atoms with E-state index < -0.39 is 0 Å². The fourth-order valence-corrected chi connectivity index (χ4v) is 2.97. The smallest absolute Gasteiger partial charge is 0.223 e. The van der Waals surface area contributed by atoms with Crippen molar-refractivity contribution < 1.29 is 5.11 Å². The van der Waals surface area contributed by atoms with Gasteiger partial charge in [-0.25, -0.2) is 9.97 Å². The standard InChI is InChI=1S/C16H18N6O/c23-12-6-4-11(5-7-12)18-16-17-9-8-13(19-16)15-21-20-14-3-1-2-10-22(14)15/h1-3,8-12,23H,4-7H2,(H,17,18,19)/t11-,12-. The minimum absolute atomic E-state index is 0.164. The van der Waals surface area contributed by atoms with Gasteiger partial charge in [0.15, 0.2) is 11.5 Å². The Morgan fingerprint density at radius 2 is 1.96 bits per heavy atom. The van der Waals surface area contributed by atoms with Crippen molar-refractivity contribution in [2.75, 3.05) is 5.32 Å². The van der Waals surface area contributed by atoms with Crippen molar-refractivity contribution in [3.63, 3.8) is 0 Å². The molecule has 0 amide bonds. The molecule has 7 nitrogen and oxygen atoms in total. The van der Waals surface area contributed by atoms with Gasteiger partial charge in [-0.2, -0.15) is 0 Å². The van der Waals surface area contributed by atoms with Crippen molar-refractivity contribution >= 4 is 11.6 Å². The number of anilines is 1. The first-order valence-corrected chi connectivity index (χ1v) is 7.87. The molecule has 0 atom stereocenters. The van der Waals surface area contributed by atoms with E-state index in [-0.39, 0.29) is 6.10 Å². The minimum Gasteiger partial charge on any atom is -0.393 e. The predicted molar refractivity (Wildman–Crippen MR) is 85.9 cm³/mol. The average molecular weight is 310 g/mol. The molecule has 3 aromatic heterocycles. The Morgan fingerprint density at radius 1 is 1.09 bits per heavy atom. The normalized spacial score (nSPS) is 21.4. The fraction of sp³-hybridized carbons (Fsp3) is 0.375. The molecule has 2 N–H and O–H groups in total. The molecule has 0 saturated heterocycles. The third kappa shape index (κ3) is 2.87. The Morgan fingerprint density at radius 3 is 2.83 bits per heavy atom. The maximum atomic E-state index is 9.59. The van der Waals surface area contributed by atoms with Crippen molar-refractivity contribution in [1.29, 1.82) is 0 Å². The molecule has 3 aromatic rings. The number of aromatic nitrogens is 5. The lowest BCUT2D eigenvalue weighted by atomic mass is 9.93. The van der Waals surface area contributed by atoms with Crippen molar-refractivity contribution in [2.45, 2.75) is 37.8 Å². The van der Waals surface area contributed by atoms with Crippen LogP contribution >= 0.6 is 0 Å². The molecule has 0 bridgehead atoms. The van der Waals surface area contributed by atoms with Crippen LogP contribution in [-0.2, 0) is 0 Å². The van der Waals surface area contributed by atoms with Gasteiger partial charge in [0.2, 0.25) is 5.95 Å². The largest absolute Gasteiger partial charge is 0.393 e. The molecule has 0 radical (unpaired) electrons. The number of rotatable bonds is 3. The maximum Gasteiger partial charge on any atom is 0.223 e. The molecular formula is C16H18N6O. The van der Waals surface area contributed by atoms with Gasteiger partial charge in [0, 0.05) is 18.4 Å². The summed E-state index contributed by atoms with van der Waals surface area (Å²) in [6.45, 7) is 0. The molecule has 1 fully saturated rings. The zero-order valence-electron chi connectivity index (χ0n) is 12.6. The number of fused-ring (bicyclic) bond motifs is 1. The zero-order valence-corrected chi connectivity index (χ0v) is 12.6. The van der Waals surface area contributed by atoms with Gasteiger partial charge in [0.05, 0.1) is 6.10 Å². The summed E-state index contributed by atoms with van der Waals surface area (Å²) < 4.78 is 1.91. The van der Waals surface area contributed by atoms with E-state index in [4.69, 9.17) is 0 Å². The van der Waals surface area contributed by atoms with Crippen LogP contribution in [0.25, 0.3) is 17.2 Å². The summed E-state index contributed by atoms with van der Waals surface area (Å²) in [5, 5.41) is 21.3. The van der Waals surface area contributed by atoms with E-state index in [9.17, 15) is 5.11 Å². The lowest BCUT2D eigenvalue weighted by molar-refractivity contribution is 0.126. The summed E-state index contributed by atoms with van der Waals surface area (Å²) in [4.78, 5) is 8.87. The quantitative estimate of drug-likeness (QED) is 0.768. The van der Waals surface area contributed by atoms with Gasteiger partial charge in [-0.15, -0.1) is 10.2 Å². The molecule has 1 aliphatic carbocycles. The molecule has 23 heavy (non-hydrogen) atoms. The molecule has 118 valence electrons. The number of hydrogen-bond donors (Lipinski definition) is 2. The van der Waals surface area contributed by atoms with E-state index in [1.54, 1.807) is 6.20 Å². The first-order valence-electron chi connectivity index (χ1n) is 7.87. The number of hydrogen-bond acceptors (Lipinski definition) is 6. The van der Waals surface area contributed by atoms with Gasteiger partial charge in [-0.05, 0) is 43.9 Å². The molecule has 0 aliphatic heterocycles. The molecule has 0 spiro atoms. The van der Waals surface area contributed by atoms with Crippen molar-refractivity contribution in [3.8, 4) is 11.5 Å².